The van der Waals surface area contributed by atoms with E-state index in [4.69, 9.17) is 17.3 Å². The first-order valence-corrected chi connectivity index (χ1v) is 5.80. The van der Waals surface area contributed by atoms with Crippen LogP contribution in [0.15, 0.2) is 12.3 Å². The molecule has 0 amide bonds. The predicted molar refractivity (Wildman–Crippen MR) is 65.1 cm³/mol. The van der Waals surface area contributed by atoms with Gasteiger partial charge >= 0.3 is 0 Å². The molecule has 0 saturated heterocycles. The van der Waals surface area contributed by atoms with Gasteiger partial charge < -0.3 is 11.1 Å². The van der Waals surface area contributed by atoms with E-state index in [1.807, 2.05) is 0 Å². The van der Waals surface area contributed by atoms with Crippen LogP contribution >= 0.6 is 11.6 Å². The van der Waals surface area contributed by atoms with Crippen molar-refractivity contribution >= 4 is 17.4 Å². The summed E-state index contributed by atoms with van der Waals surface area (Å²) >= 11 is 5.61. The lowest BCUT2D eigenvalue weighted by Crippen LogP contribution is -2.18. The van der Waals surface area contributed by atoms with Crippen LogP contribution in [0, 0.1) is 11.7 Å². The van der Waals surface area contributed by atoms with Gasteiger partial charge in [-0.05, 0) is 24.9 Å². The van der Waals surface area contributed by atoms with Gasteiger partial charge in [-0.15, -0.1) is 0 Å². The Hall–Kier alpha value is -0.870. The normalized spacial score (nSPS) is 12.5. The first-order chi connectivity index (χ1) is 7.67. The van der Waals surface area contributed by atoms with Crippen molar-refractivity contribution < 1.29 is 4.39 Å². The minimum atomic E-state index is -0.421. The van der Waals surface area contributed by atoms with Gasteiger partial charge in [-0.25, -0.2) is 9.37 Å². The van der Waals surface area contributed by atoms with Gasteiger partial charge in [-0.1, -0.05) is 24.9 Å². The van der Waals surface area contributed by atoms with Crippen LogP contribution < -0.4 is 11.1 Å². The minimum Gasteiger partial charge on any atom is -0.367 e. The molecule has 0 aliphatic heterocycles. The summed E-state index contributed by atoms with van der Waals surface area (Å²) in [5, 5.41) is 3.28. The van der Waals surface area contributed by atoms with E-state index in [-0.39, 0.29) is 5.82 Å². The maximum Gasteiger partial charge on any atom is 0.166 e. The average Bonchev–Trinajstić information content (AvgIpc) is 2.26. The molecule has 0 saturated carbocycles. The molecule has 0 aromatic carbocycles. The van der Waals surface area contributed by atoms with Gasteiger partial charge in [-0.2, -0.15) is 0 Å². The number of aromatic nitrogens is 1. The molecular weight excluding hydrogens is 229 g/mol. The number of pyridine rings is 1. The van der Waals surface area contributed by atoms with Gasteiger partial charge in [-0.3, -0.25) is 0 Å². The molecule has 1 atom stereocenters. The third-order valence-corrected chi connectivity index (χ3v) is 2.72. The molecule has 0 aliphatic rings. The SMILES string of the molecule is CCC(CCN)CNc1ncc(Cl)cc1F. The minimum absolute atomic E-state index is 0.250. The summed E-state index contributed by atoms with van der Waals surface area (Å²) in [4.78, 5) is 3.89. The zero-order chi connectivity index (χ0) is 12.0. The molecule has 0 aliphatic carbocycles. The second kappa shape index (κ2) is 6.66. The Morgan fingerprint density at radius 3 is 2.94 bits per heavy atom. The van der Waals surface area contributed by atoms with Crippen molar-refractivity contribution in [1.82, 2.24) is 4.98 Å². The summed E-state index contributed by atoms with van der Waals surface area (Å²) in [5.41, 5.74) is 5.49. The molecule has 1 rings (SSSR count). The summed E-state index contributed by atoms with van der Waals surface area (Å²) in [6.45, 7) is 3.42. The molecule has 0 spiro atoms. The second-order valence-corrected chi connectivity index (χ2v) is 4.15. The fourth-order valence-electron chi connectivity index (χ4n) is 1.47. The van der Waals surface area contributed by atoms with Crippen LogP contribution in [0.25, 0.3) is 0 Å². The molecule has 1 aromatic rings. The number of nitrogens with two attached hydrogens (primary N) is 1. The average molecular weight is 246 g/mol. The highest BCUT2D eigenvalue weighted by Crippen LogP contribution is 2.16. The fraction of sp³-hybridized carbons (Fsp3) is 0.545. The lowest BCUT2D eigenvalue weighted by molar-refractivity contribution is 0.499. The van der Waals surface area contributed by atoms with Crippen molar-refractivity contribution in [2.75, 3.05) is 18.4 Å². The van der Waals surface area contributed by atoms with Crippen LogP contribution in [0.4, 0.5) is 10.2 Å². The van der Waals surface area contributed by atoms with Crippen LogP contribution in [0.3, 0.4) is 0 Å². The number of nitrogens with zero attached hydrogens (tertiary/aromatic N) is 1. The highest BCUT2D eigenvalue weighted by molar-refractivity contribution is 6.30. The van der Waals surface area contributed by atoms with Gasteiger partial charge in [0.25, 0.3) is 0 Å². The zero-order valence-corrected chi connectivity index (χ0v) is 10.1. The number of nitrogens with one attached hydrogen (secondary N) is 1. The maximum absolute atomic E-state index is 13.4. The molecular formula is C11H17ClFN3. The van der Waals surface area contributed by atoms with E-state index in [1.54, 1.807) is 0 Å². The third-order valence-electron chi connectivity index (χ3n) is 2.52. The first-order valence-electron chi connectivity index (χ1n) is 5.42. The molecule has 5 heteroatoms. The molecule has 1 heterocycles. The number of hydrogen-bond acceptors (Lipinski definition) is 3. The Balaban J connectivity index is 2.53. The van der Waals surface area contributed by atoms with E-state index < -0.39 is 5.82 Å². The number of rotatable bonds is 6. The largest absolute Gasteiger partial charge is 0.367 e. The smallest absolute Gasteiger partial charge is 0.166 e. The Morgan fingerprint density at radius 2 is 2.38 bits per heavy atom. The van der Waals surface area contributed by atoms with E-state index in [0.29, 0.717) is 24.0 Å². The lowest BCUT2D eigenvalue weighted by Gasteiger charge is -2.15. The number of anilines is 1. The van der Waals surface area contributed by atoms with Gasteiger partial charge in [0.05, 0.1) is 5.02 Å². The molecule has 0 bridgehead atoms. The highest BCUT2D eigenvalue weighted by atomic mass is 35.5. The van der Waals surface area contributed by atoms with E-state index in [2.05, 4.69) is 17.2 Å². The van der Waals surface area contributed by atoms with Crippen molar-refractivity contribution in [2.24, 2.45) is 11.7 Å². The summed E-state index contributed by atoms with van der Waals surface area (Å²) in [7, 11) is 0. The van der Waals surface area contributed by atoms with Crippen molar-refractivity contribution in [1.29, 1.82) is 0 Å². The van der Waals surface area contributed by atoms with Crippen LogP contribution in [-0.2, 0) is 0 Å². The van der Waals surface area contributed by atoms with Gasteiger partial charge in [0.2, 0.25) is 0 Å². The van der Waals surface area contributed by atoms with Crippen molar-refractivity contribution in [2.45, 2.75) is 19.8 Å². The van der Waals surface area contributed by atoms with Gasteiger partial charge in [0, 0.05) is 12.7 Å². The highest BCUT2D eigenvalue weighted by Gasteiger charge is 2.08. The maximum atomic E-state index is 13.4. The van der Waals surface area contributed by atoms with Crippen LogP contribution in [0.2, 0.25) is 5.02 Å². The van der Waals surface area contributed by atoms with Gasteiger partial charge in [0.1, 0.15) is 0 Å². The summed E-state index contributed by atoms with van der Waals surface area (Å²) in [6, 6.07) is 1.25. The van der Waals surface area contributed by atoms with E-state index in [1.165, 1.54) is 12.3 Å². The van der Waals surface area contributed by atoms with Crippen molar-refractivity contribution in [3.05, 3.63) is 23.1 Å². The summed E-state index contributed by atoms with van der Waals surface area (Å²) in [6.07, 6.45) is 3.37. The number of hydrogen-bond donors (Lipinski definition) is 2. The fourth-order valence-corrected chi connectivity index (χ4v) is 1.62. The number of halogens is 2. The molecule has 0 radical (unpaired) electrons. The Morgan fingerprint density at radius 1 is 1.62 bits per heavy atom. The lowest BCUT2D eigenvalue weighted by atomic mass is 10.0. The second-order valence-electron chi connectivity index (χ2n) is 3.72. The Bertz CT molecular complexity index is 333. The van der Waals surface area contributed by atoms with E-state index in [0.717, 1.165) is 12.8 Å². The molecule has 3 nitrogen and oxygen atoms in total. The Kier molecular flexibility index (Phi) is 5.49. The summed E-state index contributed by atoms with van der Waals surface area (Å²) < 4.78 is 13.4. The van der Waals surface area contributed by atoms with Gasteiger partial charge in [0.15, 0.2) is 11.6 Å². The topological polar surface area (TPSA) is 50.9 Å². The van der Waals surface area contributed by atoms with Crippen LogP contribution in [0.1, 0.15) is 19.8 Å². The predicted octanol–water partition coefficient (Wildman–Crippen LogP) is 2.66. The first kappa shape index (κ1) is 13.2. The van der Waals surface area contributed by atoms with Crippen LogP contribution in [-0.4, -0.2) is 18.1 Å². The summed E-state index contributed by atoms with van der Waals surface area (Å²) in [5.74, 6) is 0.275. The molecule has 1 aromatic heterocycles. The van der Waals surface area contributed by atoms with Crippen molar-refractivity contribution in [3.8, 4) is 0 Å². The van der Waals surface area contributed by atoms with Crippen molar-refractivity contribution in [3.63, 3.8) is 0 Å². The van der Waals surface area contributed by atoms with E-state index in [9.17, 15) is 4.39 Å². The molecule has 1 unspecified atom stereocenters. The molecule has 90 valence electrons. The van der Waals surface area contributed by atoms with E-state index >= 15 is 0 Å². The molecule has 16 heavy (non-hydrogen) atoms. The quantitative estimate of drug-likeness (QED) is 0.810. The standard InChI is InChI=1S/C11H17ClFN3/c1-2-8(3-4-14)6-15-11-10(13)5-9(12)7-16-11/h5,7-8H,2-4,6,14H2,1H3,(H,15,16). The zero-order valence-electron chi connectivity index (χ0n) is 9.34. The molecule has 0 fully saturated rings. The van der Waals surface area contributed by atoms with Crippen LogP contribution in [0.5, 0.6) is 0 Å². The molecule has 3 N–H and O–H groups in total. The third kappa shape index (κ3) is 3.94. The monoisotopic (exact) mass is 245 g/mol. The Labute approximate surface area is 100 Å².